The molecule has 0 saturated carbocycles. The molecule has 98 valence electrons. The zero-order valence-corrected chi connectivity index (χ0v) is 11.4. The van der Waals surface area contributed by atoms with Crippen molar-refractivity contribution >= 4 is 23.4 Å². The number of pyridine rings is 1. The van der Waals surface area contributed by atoms with E-state index in [1.807, 2.05) is 23.9 Å². The van der Waals surface area contributed by atoms with Crippen LogP contribution in [-0.2, 0) is 0 Å². The Balaban J connectivity index is 2.14. The van der Waals surface area contributed by atoms with E-state index >= 15 is 0 Å². The van der Waals surface area contributed by atoms with Gasteiger partial charge in [0, 0.05) is 35.3 Å². The van der Waals surface area contributed by atoms with Crippen LogP contribution >= 0.6 is 11.8 Å². The van der Waals surface area contributed by atoms with Gasteiger partial charge in [0.25, 0.3) is 0 Å². The highest BCUT2D eigenvalue weighted by molar-refractivity contribution is 8.00. The maximum Gasteiger partial charge on any atom is 0.171 e. The molecule has 1 aliphatic rings. The fourth-order valence-electron chi connectivity index (χ4n) is 1.99. The third-order valence-corrected chi connectivity index (χ3v) is 4.20. The van der Waals surface area contributed by atoms with Crippen LogP contribution in [0.2, 0.25) is 0 Å². The molecule has 5 nitrogen and oxygen atoms in total. The van der Waals surface area contributed by atoms with Crippen molar-refractivity contribution in [2.75, 3.05) is 23.7 Å². The fraction of sp³-hybridized carbons (Fsp3) is 0.500. The largest absolute Gasteiger partial charge is 0.409 e. The molecule has 1 aliphatic heterocycles. The summed E-state index contributed by atoms with van der Waals surface area (Å²) in [5, 5.41) is 11.6. The van der Waals surface area contributed by atoms with Crippen molar-refractivity contribution in [3.05, 3.63) is 23.9 Å². The minimum atomic E-state index is 0.0866. The fourth-order valence-corrected chi connectivity index (χ4v) is 3.11. The van der Waals surface area contributed by atoms with Crippen LogP contribution in [0.3, 0.4) is 0 Å². The van der Waals surface area contributed by atoms with Crippen molar-refractivity contribution in [2.24, 2.45) is 10.9 Å². The van der Waals surface area contributed by atoms with Gasteiger partial charge in [0.2, 0.25) is 0 Å². The molecular formula is C12H18N4OS. The van der Waals surface area contributed by atoms with Gasteiger partial charge in [-0.1, -0.05) is 5.16 Å². The minimum absolute atomic E-state index is 0.0866. The highest BCUT2D eigenvalue weighted by Gasteiger charge is 2.27. The molecule has 0 aliphatic carbocycles. The number of hydrogen-bond donors (Lipinski definition) is 2. The molecule has 2 rings (SSSR count). The average Bonchev–Trinajstić information content (AvgIpc) is 2.37. The van der Waals surface area contributed by atoms with E-state index in [2.05, 4.69) is 28.9 Å². The number of nitrogens with two attached hydrogens (primary N) is 1. The number of amidine groups is 1. The van der Waals surface area contributed by atoms with Crippen LogP contribution in [0.1, 0.15) is 19.4 Å². The normalized spacial score (nSPS) is 19.9. The first kappa shape index (κ1) is 13.0. The molecule has 1 fully saturated rings. The monoisotopic (exact) mass is 266 g/mol. The SMILES string of the molecule is CC1(C)CN(c2ccc(/C(N)=N/O)cn2)CCS1. The Morgan fingerprint density at radius 2 is 2.33 bits per heavy atom. The van der Waals surface area contributed by atoms with Gasteiger partial charge in [-0.3, -0.25) is 0 Å². The van der Waals surface area contributed by atoms with Crippen LogP contribution in [0, 0.1) is 0 Å². The predicted molar refractivity (Wildman–Crippen MR) is 75.5 cm³/mol. The molecule has 6 heteroatoms. The van der Waals surface area contributed by atoms with Crippen LogP contribution in [0.25, 0.3) is 0 Å². The van der Waals surface area contributed by atoms with E-state index in [4.69, 9.17) is 10.9 Å². The first-order chi connectivity index (χ1) is 8.52. The molecule has 2 heterocycles. The van der Waals surface area contributed by atoms with Gasteiger partial charge in [-0.05, 0) is 26.0 Å². The zero-order valence-electron chi connectivity index (χ0n) is 10.6. The molecule has 0 spiro atoms. The second-order valence-corrected chi connectivity index (χ2v) is 6.72. The molecule has 0 radical (unpaired) electrons. The van der Waals surface area contributed by atoms with Crippen LogP contribution in [0.15, 0.2) is 23.5 Å². The van der Waals surface area contributed by atoms with Gasteiger partial charge in [0.1, 0.15) is 5.82 Å². The van der Waals surface area contributed by atoms with Gasteiger partial charge < -0.3 is 15.8 Å². The van der Waals surface area contributed by atoms with Gasteiger partial charge >= 0.3 is 0 Å². The van der Waals surface area contributed by atoms with E-state index in [-0.39, 0.29) is 10.6 Å². The summed E-state index contributed by atoms with van der Waals surface area (Å²) in [7, 11) is 0. The van der Waals surface area contributed by atoms with Gasteiger partial charge in [-0.25, -0.2) is 4.98 Å². The third-order valence-electron chi connectivity index (χ3n) is 2.90. The van der Waals surface area contributed by atoms with Crippen LogP contribution in [-0.4, -0.2) is 39.6 Å². The van der Waals surface area contributed by atoms with E-state index in [9.17, 15) is 0 Å². The maximum absolute atomic E-state index is 8.60. The van der Waals surface area contributed by atoms with E-state index < -0.39 is 0 Å². The lowest BCUT2D eigenvalue weighted by Crippen LogP contribution is -2.43. The molecule has 1 saturated heterocycles. The topological polar surface area (TPSA) is 74.7 Å². The van der Waals surface area contributed by atoms with Gasteiger partial charge in [0.15, 0.2) is 5.84 Å². The Hall–Kier alpha value is -1.43. The molecule has 0 bridgehead atoms. The summed E-state index contributed by atoms with van der Waals surface area (Å²) in [5.41, 5.74) is 6.14. The maximum atomic E-state index is 8.60. The number of thioether (sulfide) groups is 1. The summed E-state index contributed by atoms with van der Waals surface area (Å²) in [4.78, 5) is 6.65. The smallest absolute Gasteiger partial charge is 0.171 e. The number of oxime groups is 1. The molecule has 3 N–H and O–H groups in total. The summed E-state index contributed by atoms with van der Waals surface area (Å²) < 4.78 is 0.254. The summed E-state index contributed by atoms with van der Waals surface area (Å²) in [5.74, 6) is 2.14. The number of rotatable bonds is 2. The van der Waals surface area contributed by atoms with Gasteiger partial charge in [-0.15, -0.1) is 0 Å². The van der Waals surface area contributed by atoms with Crippen molar-refractivity contribution in [1.82, 2.24) is 4.98 Å². The molecule has 1 aromatic heterocycles. The molecule has 18 heavy (non-hydrogen) atoms. The standard InChI is InChI=1S/C12H18N4OS/c1-12(2)8-16(5-6-18-12)10-4-3-9(7-14-10)11(13)15-17/h3-4,7,17H,5-6,8H2,1-2H3,(H2,13,15). The van der Waals surface area contributed by atoms with Crippen LogP contribution in [0.4, 0.5) is 5.82 Å². The Kier molecular flexibility index (Phi) is 3.65. The lowest BCUT2D eigenvalue weighted by molar-refractivity contribution is 0.318. The first-order valence-corrected chi connectivity index (χ1v) is 6.83. The number of hydrogen-bond acceptors (Lipinski definition) is 5. The number of aromatic nitrogens is 1. The highest BCUT2D eigenvalue weighted by Crippen LogP contribution is 2.31. The Bertz CT molecular complexity index is 444. The van der Waals surface area contributed by atoms with Crippen molar-refractivity contribution in [3.8, 4) is 0 Å². The van der Waals surface area contributed by atoms with Crippen molar-refractivity contribution in [1.29, 1.82) is 0 Å². The lowest BCUT2D eigenvalue weighted by atomic mass is 10.2. The predicted octanol–water partition coefficient (Wildman–Crippen LogP) is 1.51. The van der Waals surface area contributed by atoms with E-state index in [0.29, 0.717) is 5.56 Å². The van der Waals surface area contributed by atoms with Gasteiger partial charge in [-0.2, -0.15) is 11.8 Å². The van der Waals surface area contributed by atoms with E-state index in [0.717, 1.165) is 24.7 Å². The second kappa shape index (κ2) is 5.06. The Morgan fingerprint density at radius 3 is 2.89 bits per heavy atom. The lowest BCUT2D eigenvalue weighted by Gasteiger charge is -2.38. The van der Waals surface area contributed by atoms with Crippen molar-refractivity contribution in [3.63, 3.8) is 0 Å². The molecule has 0 atom stereocenters. The first-order valence-electron chi connectivity index (χ1n) is 5.85. The number of nitrogens with zero attached hydrogens (tertiary/aromatic N) is 3. The third kappa shape index (κ3) is 2.87. The Labute approximate surface area is 111 Å². The van der Waals surface area contributed by atoms with E-state index in [1.165, 1.54) is 0 Å². The quantitative estimate of drug-likeness (QED) is 0.367. The van der Waals surface area contributed by atoms with Crippen LogP contribution < -0.4 is 10.6 Å². The van der Waals surface area contributed by atoms with Gasteiger partial charge in [0.05, 0.1) is 0 Å². The van der Waals surface area contributed by atoms with Crippen molar-refractivity contribution in [2.45, 2.75) is 18.6 Å². The van der Waals surface area contributed by atoms with E-state index in [1.54, 1.807) is 6.20 Å². The molecular weight excluding hydrogens is 248 g/mol. The highest BCUT2D eigenvalue weighted by atomic mass is 32.2. The van der Waals surface area contributed by atoms with Crippen molar-refractivity contribution < 1.29 is 5.21 Å². The zero-order chi connectivity index (χ0) is 13.2. The van der Waals surface area contributed by atoms with Crippen LogP contribution in [0.5, 0.6) is 0 Å². The Morgan fingerprint density at radius 1 is 1.56 bits per heavy atom. The molecule has 1 aromatic rings. The summed E-state index contributed by atoms with van der Waals surface area (Å²) in [6, 6.07) is 3.74. The second-order valence-electron chi connectivity index (χ2n) is 4.92. The summed E-state index contributed by atoms with van der Waals surface area (Å²) in [6.45, 7) is 6.47. The molecule has 0 amide bonds. The molecule has 0 unspecified atom stereocenters. The number of anilines is 1. The molecule has 0 aromatic carbocycles. The average molecular weight is 266 g/mol. The minimum Gasteiger partial charge on any atom is -0.409 e. The summed E-state index contributed by atoms with van der Waals surface area (Å²) >= 11 is 1.99. The summed E-state index contributed by atoms with van der Waals surface area (Å²) in [6.07, 6.45) is 1.64.